The molecule has 0 unspecified atom stereocenters. The van der Waals surface area contributed by atoms with E-state index in [2.05, 4.69) is 0 Å². The van der Waals surface area contributed by atoms with Gasteiger partial charge in [-0.3, -0.25) is 0 Å². The molecule has 0 bridgehead atoms. The van der Waals surface area contributed by atoms with Gasteiger partial charge in [0.05, 0.1) is 14.2 Å². The molecular weight excluding hydrogens is 240 g/mol. The Balaban J connectivity index is 2.22. The van der Waals surface area contributed by atoms with E-state index < -0.39 is 0 Å². The number of ether oxygens (including phenoxy) is 2. The maximum Gasteiger partial charge on any atom is 0.165 e. The summed E-state index contributed by atoms with van der Waals surface area (Å²) in [5.41, 5.74) is 4.33. The molecule has 0 aromatic heterocycles. The van der Waals surface area contributed by atoms with Crippen LogP contribution in [0.3, 0.4) is 0 Å². The Kier molecular flexibility index (Phi) is 2.82. The second-order valence-corrected chi connectivity index (χ2v) is 4.67. The molecule has 3 rings (SSSR count). The summed E-state index contributed by atoms with van der Waals surface area (Å²) in [4.78, 5) is 0. The number of hydrogen-bond donors (Lipinski definition) is 1. The van der Waals surface area contributed by atoms with E-state index in [1.165, 1.54) is 5.56 Å². The van der Waals surface area contributed by atoms with Crippen LogP contribution in [-0.4, -0.2) is 19.3 Å². The fourth-order valence-corrected chi connectivity index (χ4v) is 2.70. The number of fused-ring (bicyclic) bond motifs is 3. The van der Waals surface area contributed by atoms with Crippen LogP contribution in [0.15, 0.2) is 30.3 Å². The minimum absolute atomic E-state index is 0.228. The lowest BCUT2D eigenvalue weighted by atomic mass is 9.85. The van der Waals surface area contributed by atoms with Gasteiger partial charge in [0.1, 0.15) is 5.75 Å². The van der Waals surface area contributed by atoms with Crippen molar-refractivity contribution in [2.45, 2.75) is 12.8 Å². The third-order valence-electron chi connectivity index (χ3n) is 3.69. The van der Waals surface area contributed by atoms with Gasteiger partial charge >= 0.3 is 0 Å². The molecule has 0 atom stereocenters. The zero-order valence-electron chi connectivity index (χ0n) is 11.1. The van der Waals surface area contributed by atoms with E-state index in [0.29, 0.717) is 5.75 Å². The van der Waals surface area contributed by atoms with Crippen molar-refractivity contribution in [2.75, 3.05) is 14.2 Å². The predicted octanol–water partition coefficient (Wildman–Crippen LogP) is 3.18. The molecule has 3 heteroatoms. The SMILES string of the molecule is COc1ccc2c(c1)CCc1ccc(OC)c(O)c1-2. The highest BCUT2D eigenvalue weighted by molar-refractivity contribution is 5.81. The van der Waals surface area contributed by atoms with E-state index >= 15 is 0 Å². The van der Waals surface area contributed by atoms with Crippen molar-refractivity contribution in [1.82, 2.24) is 0 Å². The number of aromatic hydroxyl groups is 1. The predicted molar refractivity (Wildman–Crippen MR) is 74.1 cm³/mol. The maximum absolute atomic E-state index is 10.4. The molecule has 0 fully saturated rings. The lowest BCUT2D eigenvalue weighted by Crippen LogP contribution is -2.05. The molecule has 19 heavy (non-hydrogen) atoms. The molecule has 0 amide bonds. The molecule has 3 nitrogen and oxygen atoms in total. The first kappa shape index (κ1) is 11.9. The molecule has 0 saturated carbocycles. The van der Waals surface area contributed by atoms with Gasteiger partial charge in [-0.05, 0) is 47.7 Å². The lowest BCUT2D eigenvalue weighted by molar-refractivity contribution is 0.374. The summed E-state index contributed by atoms with van der Waals surface area (Å²) in [6.07, 6.45) is 1.89. The molecule has 1 aliphatic rings. The summed E-state index contributed by atoms with van der Waals surface area (Å²) in [7, 11) is 3.23. The first-order chi connectivity index (χ1) is 9.24. The maximum atomic E-state index is 10.4. The van der Waals surface area contributed by atoms with E-state index in [9.17, 15) is 5.11 Å². The van der Waals surface area contributed by atoms with Crippen molar-refractivity contribution in [3.05, 3.63) is 41.5 Å². The highest BCUT2D eigenvalue weighted by Gasteiger charge is 2.22. The number of hydrogen-bond acceptors (Lipinski definition) is 3. The molecule has 0 aliphatic heterocycles. The van der Waals surface area contributed by atoms with E-state index in [-0.39, 0.29) is 5.75 Å². The Labute approximate surface area is 112 Å². The minimum Gasteiger partial charge on any atom is -0.504 e. The Hall–Kier alpha value is -2.16. The average molecular weight is 256 g/mol. The normalized spacial score (nSPS) is 12.5. The smallest absolute Gasteiger partial charge is 0.165 e. The van der Waals surface area contributed by atoms with E-state index in [1.54, 1.807) is 14.2 Å². The molecule has 1 N–H and O–H groups in total. The van der Waals surface area contributed by atoms with Crippen LogP contribution in [-0.2, 0) is 12.8 Å². The second-order valence-electron chi connectivity index (χ2n) is 4.67. The zero-order valence-corrected chi connectivity index (χ0v) is 11.1. The Morgan fingerprint density at radius 2 is 1.74 bits per heavy atom. The average Bonchev–Trinajstić information content (AvgIpc) is 2.46. The van der Waals surface area contributed by atoms with Gasteiger partial charge in [-0.1, -0.05) is 12.1 Å². The molecule has 1 aliphatic carbocycles. The number of methoxy groups -OCH3 is 2. The zero-order chi connectivity index (χ0) is 13.4. The number of rotatable bonds is 2. The van der Waals surface area contributed by atoms with E-state index in [0.717, 1.165) is 35.3 Å². The topological polar surface area (TPSA) is 38.7 Å². The summed E-state index contributed by atoms with van der Waals surface area (Å²) >= 11 is 0. The van der Waals surface area contributed by atoms with Crippen molar-refractivity contribution < 1.29 is 14.6 Å². The number of benzene rings is 2. The van der Waals surface area contributed by atoms with E-state index in [1.807, 2.05) is 30.3 Å². The highest BCUT2D eigenvalue weighted by Crippen LogP contribution is 2.44. The van der Waals surface area contributed by atoms with E-state index in [4.69, 9.17) is 9.47 Å². The van der Waals surface area contributed by atoms with Crippen LogP contribution in [0.4, 0.5) is 0 Å². The Morgan fingerprint density at radius 3 is 2.47 bits per heavy atom. The third kappa shape index (κ3) is 1.82. The van der Waals surface area contributed by atoms with Crippen LogP contribution in [0.1, 0.15) is 11.1 Å². The lowest BCUT2D eigenvalue weighted by Gasteiger charge is -2.22. The van der Waals surface area contributed by atoms with Gasteiger partial charge < -0.3 is 14.6 Å². The van der Waals surface area contributed by atoms with Gasteiger partial charge in [0.15, 0.2) is 11.5 Å². The van der Waals surface area contributed by atoms with Crippen molar-refractivity contribution in [1.29, 1.82) is 0 Å². The summed E-state index contributed by atoms with van der Waals surface area (Å²) in [6, 6.07) is 9.82. The second kappa shape index (κ2) is 4.50. The van der Waals surface area contributed by atoms with Crippen molar-refractivity contribution >= 4 is 0 Å². The van der Waals surface area contributed by atoms with Gasteiger partial charge in [0.25, 0.3) is 0 Å². The van der Waals surface area contributed by atoms with Gasteiger partial charge in [-0.25, -0.2) is 0 Å². The van der Waals surface area contributed by atoms with Gasteiger partial charge in [0, 0.05) is 5.56 Å². The van der Waals surface area contributed by atoms with Gasteiger partial charge in [-0.2, -0.15) is 0 Å². The number of phenols is 1. The molecule has 0 heterocycles. The molecule has 0 saturated heterocycles. The molecule has 2 aromatic rings. The fourth-order valence-electron chi connectivity index (χ4n) is 2.70. The standard InChI is InChI=1S/C16H16O3/c1-18-12-6-7-13-11(9-12)4-3-10-5-8-14(19-2)16(17)15(10)13/h5-9,17H,3-4H2,1-2H3. The minimum atomic E-state index is 0.228. The summed E-state index contributed by atoms with van der Waals surface area (Å²) in [5.74, 6) is 1.60. The van der Waals surface area contributed by atoms with Crippen LogP contribution < -0.4 is 9.47 Å². The van der Waals surface area contributed by atoms with Crippen LogP contribution >= 0.6 is 0 Å². The van der Waals surface area contributed by atoms with Gasteiger partial charge in [0.2, 0.25) is 0 Å². The van der Waals surface area contributed by atoms with Crippen LogP contribution in [0.25, 0.3) is 11.1 Å². The third-order valence-corrected chi connectivity index (χ3v) is 3.69. The first-order valence-electron chi connectivity index (χ1n) is 6.30. The molecule has 98 valence electrons. The fraction of sp³-hybridized carbons (Fsp3) is 0.250. The van der Waals surface area contributed by atoms with Gasteiger partial charge in [-0.15, -0.1) is 0 Å². The van der Waals surface area contributed by atoms with Crippen LogP contribution in [0.5, 0.6) is 17.2 Å². The Bertz CT molecular complexity index is 632. The molecule has 0 radical (unpaired) electrons. The molecular formula is C16H16O3. The van der Waals surface area contributed by atoms with Crippen LogP contribution in [0.2, 0.25) is 0 Å². The van der Waals surface area contributed by atoms with Crippen molar-refractivity contribution in [2.24, 2.45) is 0 Å². The number of phenolic OH excluding ortho intramolecular Hbond substituents is 1. The molecule has 2 aromatic carbocycles. The van der Waals surface area contributed by atoms with Crippen LogP contribution in [0, 0.1) is 0 Å². The monoisotopic (exact) mass is 256 g/mol. The van der Waals surface area contributed by atoms with Crippen molar-refractivity contribution in [3.8, 4) is 28.4 Å². The highest BCUT2D eigenvalue weighted by atomic mass is 16.5. The summed E-state index contributed by atoms with van der Waals surface area (Å²) in [5, 5.41) is 10.4. The quantitative estimate of drug-likeness (QED) is 0.897. The largest absolute Gasteiger partial charge is 0.504 e. The Morgan fingerprint density at radius 1 is 0.947 bits per heavy atom. The summed E-state index contributed by atoms with van der Waals surface area (Å²) in [6.45, 7) is 0. The summed E-state index contributed by atoms with van der Waals surface area (Å²) < 4.78 is 10.5. The number of aryl methyl sites for hydroxylation is 2. The first-order valence-corrected chi connectivity index (χ1v) is 6.30. The molecule has 0 spiro atoms. The van der Waals surface area contributed by atoms with Crippen molar-refractivity contribution in [3.63, 3.8) is 0 Å².